The van der Waals surface area contributed by atoms with Gasteiger partial charge in [-0.25, -0.2) is 0 Å². The molecule has 0 aliphatic carbocycles. The van der Waals surface area contributed by atoms with Crippen molar-refractivity contribution in [3.63, 3.8) is 0 Å². The van der Waals surface area contributed by atoms with E-state index >= 15 is 0 Å². The van der Waals surface area contributed by atoms with Crippen LogP contribution in [0.5, 0.6) is 0 Å². The average molecular weight is 259 g/mol. The lowest BCUT2D eigenvalue weighted by Gasteiger charge is -2.06. The molecule has 3 heteroatoms. The molecule has 0 aliphatic heterocycles. The highest BCUT2D eigenvalue weighted by Gasteiger charge is 2.04. The van der Waals surface area contributed by atoms with Gasteiger partial charge >= 0.3 is 0 Å². The van der Waals surface area contributed by atoms with Gasteiger partial charge in [0.25, 0.3) is 0 Å². The van der Waals surface area contributed by atoms with Crippen LogP contribution in [0.3, 0.4) is 0 Å². The number of hydrogen-bond acceptors (Lipinski definition) is 2. The van der Waals surface area contributed by atoms with E-state index in [0.717, 1.165) is 16.8 Å². The molecule has 0 atom stereocenters. The molecule has 0 radical (unpaired) electrons. The minimum absolute atomic E-state index is 0.472. The standard InChI is InChI=1S/C15H15ClN2/c1-11-8-9-12(2)14(10-11)15(16)18-17-13-6-4-3-5-7-13/h3-10,17H,1-2H3. The highest BCUT2D eigenvalue weighted by Crippen LogP contribution is 2.14. The number of nitrogens with one attached hydrogen (secondary N) is 1. The summed E-state index contributed by atoms with van der Waals surface area (Å²) in [5, 5.41) is 4.67. The van der Waals surface area contributed by atoms with Crippen LogP contribution >= 0.6 is 11.6 Å². The van der Waals surface area contributed by atoms with Crippen LogP contribution in [0.25, 0.3) is 0 Å². The Hall–Kier alpha value is -1.80. The first-order valence-electron chi connectivity index (χ1n) is 5.78. The molecule has 92 valence electrons. The van der Waals surface area contributed by atoms with Gasteiger partial charge in [-0.2, -0.15) is 5.10 Å². The Bertz CT molecular complexity index is 562. The molecule has 2 aromatic carbocycles. The van der Waals surface area contributed by atoms with Crippen LogP contribution < -0.4 is 5.43 Å². The van der Waals surface area contributed by atoms with Gasteiger partial charge in [0.2, 0.25) is 0 Å². The van der Waals surface area contributed by atoms with E-state index in [-0.39, 0.29) is 0 Å². The number of anilines is 1. The summed E-state index contributed by atoms with van der Waals surface area (Å²) in [4.78, 5) is 0. The summed E-state index contributed by atoms with van der Waals surface area (Å²) in [7, 11) is 0. The first kappa shape index (κ1) is 12.7. The molecule has 0 heterocycles. The molecular weight excluding hydrogens is 244 g/mol. The Morgan fingerprint density at radius 1 is 1.06 bits per heavy atom. The molecule has 0 aromatic heterocycles. The van der Waals surface area contributed by atoms with Crippen molar-refractivity contribution < 1.29 is 0 Å². The maximum Gasteiger partial charge on any atom is 0.156 e. The van der Waals surface area contributed by atoms with Gasteiger partial charge in [-0.15, -0.1) is 0 Å². The molecule has 0 spiro atoms. The minimum atomic E-state index is 0.472. The number of halogens is 1. The molecule has 0 saturated heterocycles. The largest absolute Gasteiger partial charge is 0.277 e. The monoisotopic (exact) mass is 258 g/mol. The van der Waals surface area contributed by atoms with E-state index in [9.17, 15) is 0 Å². The van der Waals surface area contributed by atoms with E-state index in [4.69, 9.17) is 11.6 Å². The van der Waals surface area contributed by atoms with Crippen LogP contribution in [-0.2, 0) is 0 Å². The quantitative estimate of drug-likeness (QED) is 0.644. The second-order valence-electron chi connectivity index (χ2n) is 4.20. The number of para-hydroxylation sites is 1. The lowest BCUT2D eigenvalue weighted by Crippen LogP contribution is -2.00. The number of aryl methyl sites for hydroxylation is 2. The van der Waals surface area contributed by atoms with Crippen molar-refractivity contribution in [3.8, 4) is 0 Å². The summed E-state index contributed by atoms with van der Waals surface area (Å²) in [6.45, 7) is 4.06. The zero-order chi connectivity index (χ0) is 13.0. The van der Waals surface area contributed by atoms with Gasteiger partial charge in [0.05, 0.1) is 5.69 Å². The summed E-state index contributed by atoms with van der Waals surface area (Å²) in [5.74, 6) is 0. The zero-order valence-electron chi connectivity index (χ0n) is 10.4. The first-order chi connectivity index (χ1) is 8.66. The van der Waals surface area contributed by atoms with Gasteiger partial charge < -0.3 is 0 Å². The molecule has 0 fully saturated rings. The van der Waals surface area contributed by atoms with Gasteiger partial charge in [0.1, 0.15) is 0 Å². The Morgan fingerprint density at radius 3 is 2.50 bits per heavy atom. The first-order valence-corrected chi connectivity index (χ1v) is 6.16. The normalized spacial score (nSPS) is 11.4. The van der Waals surface area contributed by atoms with Crippen LogP contribution in [0, 0.1) is 13.8 Å². The molecular formula is C15H15ClN2. The Labute approximate surface area is 112 Å². The van der Waals surface area contributed by atoms with E-state index in [0.29, 0.717) is 5.17 Å². The maximum atomic E-state index is 6.22. The van der Waals surface area contributed by atoms with Gasteiger partial charge in [-0.05, 0) is 37.6 Å². The SMILES string of the molecule is Cc1ccc(C)c(C(Cl)=NNc2ccccc2)c1. The number of hydrogen-bond donors (Lipinski definition) is 1. The molecule has 2 aromatic rings. The van der Waals surface area contributed by atoms with Crippen molar-refractivity contribution >= 4 is 22.5 Å². The third-order valence-electron chi connectivity index (χ3n) is 2.67. The van der Waals surface area contributed by atoms with Crippen molar-refractivity contribution in [3.05, 3.63) is 65.2 Å². The van der Waals surface area contributed by atoms with Crippen LogP contribution in [0.2, 0.25) is 0 Å². The third-order valence-corrected chi connectivity index (χ3v) is 2.96. The topological polar surface area (TPSA) is 24.4 Å². The van der Waals surface area contributed by atoms with E-state index in [1.807, 2.05) is 56.3 Å². The van der Waals surface area contributed by atoms with E-state index in [2.05, 4.69) is 16.6 Å². The molecule has 0 aliphatic rings. The fourth-order valence-corrected chi connectivity index (χ4v) is 1.89. The van der Waals surface area contributed by atoms with Crippen molar-refractivity contribution in [2.24, 2.45) is 5.10 Å². The molecule has 0 amide bonds. The maximum absolute atomic E-state index is 6.22. The number of benzene rings is 2. The molecule has 2 rings (SSSR count). The smallest absolute Gasteiger partial charge is 0.156 e. The number of nitrogens with zero attached hydrogens (tertiary/aromatic N) is 1. The fourth-order valence-electron chi connectivity index (χ4n) is 1.64. The van der Waals surface area contributed by atoms with Crippen LogP contribution in [0.1, 0.15) is 16.7 Å². The van der Waals surface area contributed by atoms with Crippen LogP contribution in [0.4, 0.5) is 5.69 Å². The summed E-state index contributed by atoms with van der Waals surface area (Å²) in [6.07, 6.45) is 0. The molecule has 2 nitrogen and oxygen atoms in total. The molecule has 18 heavy (non-hydrogen) atoms. The van der Waals surface area contributed by atoms with Crippen LogP contribution in [-0.4, -0.2) is 5.17 Å². The minimum Gasteiger partial charge on any atom is -0.277 e. The van der Waals surface area contributed by atoms with Gasteiger partial charge in [-0.1, -0.05) is 47.5 Å². The van der Waals surface area contributed by atoms with Gasteiger partial charge in [0.15, 0.2) is 5.17 Å². The summed E-state index contributed by atoms with van der Waals surface area (Å²) in [6, 6.07) is 15.9. The highest BCUT2D eigenvalue weighted by atomic mass is 35.5. The predicted molar refractivity (Wildman–Crippen MR) is 78.4 cm³/mol. The fraction of sp³-hybridized carbons (Fsp3) is 0.133. The molecule has 0 unspecified atom stereocenters. The molecule has 1 N–H and O–H groups in total. The van der Waals surface area contributed by atoms with Crippen LogP contribution in [0.15, 0.2) is 53.6 Å². The molecule has 0 saturated carbocycles. The number of hydrazone groups is 1. The van der Waals surface area contributed by atoms with Crippen molar-refractivity contribution in [1.29, 1.82) is 0 Å². The van der Waals surface area contributed by atoms with Gasteiger partial charge in [-0.3, -0.25) is 5.43 Å². The Morgan fingerprint density at radius 2 is 1.78 bits per heavy atom. The Kier molecular flexibility index (Phi) is 4.00. The average Bonchev–Trinajstić information content (AvgIpc) is 2.40. The zero-order valence-corrected chi connectivity index (χ0v) is 11.2. The van der Waals surface area contributed by atoms with Gasteiger partial charge in [0, 0.05) is 5.56 Å². The Balaban J connectivity index is 2.20. The lowest BCUT2D eigenvalue weighted by atomic mass is 10.1. The predicted octanol–water partition coefficient (Wildman–Crippen LogP) is 4.32. The highest BCUT2D eigenvalue weighted by molar-refractivity contribution is 6.69. The molecule has 0 bridgehead atoms. The summed E-state index contributed by atoms with van der Waals surface area (Å²) >= 11 is 6.22. The second-order valence-corrected chi connectivity index (χ2v) is 4.56. The van der Waals surface area contributed by atoms with Crippen molar-refractivity contribution in [2.75, 3.05) is 5.43 Å². The second kappa shape index (κ2) is 5.69. The summed E-state index contributed by atoms with van der Waals surface area (Å²) in [5.41, 5.74) is 7.11. The summed E-state index contributed by atoms with van der Waals surface area (Å²) < 4.78 is 0. The van der Waals surface area contributed by atoms with E-state index < -0.39 is 0 Å². The lowest BCUT2D eigenvalue weighted by molar-refractivity contribution is 1.32. The van der Waals surface area contributed by atoms with E-state index in [1.165, 1.54) is 5.56 Å². The van der Waals surface area contributed by atoms with E-state index in [1.54, 1.807) is 0 Å². The third kappa shape index (κ3) is 3.11. The van der Waals surface area contributed by atoms with Crippen molar-refractivity contribution in [2.45, 2.75) is 13.8 Å². The van der Waals surface area contributed by atoms with Crippen molar-refractivity contribution in [1.82, 2.24) is 0 Å². The number of rotatable bonds is 3.